The molecule has 1 aliphatic rings. The van der Waals surface area contributed by atoms with Gasteiger partial charge in [-0.15, -0.1) is 0 Å². The van der Waals surface area contributed by atoms with Crippen molar-refractivity contribution in [1.82, 2.24) is 10.6 Å². The second-order valence-electron chi connectivity index (χ2n) is 6.14. The van der Waals surface area contributed by atoms with Crippen molar-refractivity contribution < 1.29 is 14.7 Å². The van der Waals surface area contributed by atoms with E-state index in [9.17, 15) is 9.59 Å². The molecule has 21 heavy (non-hydrogen) atoms. The fourth-order valence-corrected chi connectivity index (χ4v) is 3.54. The molecule has 0 aromatic rings. The van der Waals surface area contributed by atoms with Gasteiger partial charge in [0, 0.05) is 12.6 Å². The number of carboxylic acid groups (broad SMARTS) is 1. The van der Waals surface area contributed by atoms with Gasteiger partial charge in [-0.2, -0.15) is 11.8 Å². The third-order valence-electron chi connectivity index (χ3n) is 4.20. The van der Waals surface area contributed by atoms with Gasteiger partial charge in [0.05, 0.1) is 6.42 Å². The smallest absolute Gasteiger partial charge is 0.315 e. The normalized spacial score (nSPS) is 18.8. The highest BCUT2D eigenvalue weighted by Crippen LogP contribution is 2.38. The standard InChI is InChI=1S/C15H28N2O3S/c1-12(6-9-21-2)17-14(20)16-11-15(10-13(18)19)7-4-3-5-8-15/h12H,3-11H2,1-2H3,(H,18,19)(H2,16,17,20). The van der Waals surface area contributed by atoms with E-state index >= 15 is 0 Å². The molecule has 0 spiro atoms. The second-order valence-corrected chi connectivity index (χ2v) is 7.13. The topological polar surface area (TPSA) is 78.4 Å². The fourth-order valence-electron chi connectivity index (χ4n) is 2.95. The summed E-state index contributed by atoms with van der Waals surface area (Å²) in [7, 11) is 0. The maximum atomic E-state index is 11.9. The number of aliphatic carboxylic acids is 1. The van der Waals surface area contributed by atoms with E-state index in [4.69, 9.17) is 5.11 Å². The third kappa shape index (κ3) is 7.07. The van der Waals surface area contributed by atoms with Crippen LogP contribution in [0.1, 0.15) is 51.9 Å². The highest BCUT2D eigenvalue weighted by molar-refractivity contribution is 7.98. The fraction of sp³-hybridized carbons (Fsp3) is 0.867. The quantitative estimate of drug-likeness (QED) is 0.643. The first kappa shape index (κ1) is 18.1. The third-order valence-corrected chi connectivity index (χ3v) is 4.84. The average molecular weight is 316 g/mol. The van der Waals surface area contributed by atoms with E-state index < -0.39 is 5.97 Å². The van der Waals surface area contributed by atoms with Gasteiger partial charge >= 0.3 is 12.0 Å². The molecule has 1 aliphatic carbocycles. The number of amides is 2. The van der Waals surface area contributed by atoms with Crippen LogP contribution in [0.2, 0.25) is 0 Å². The number of rotatable bonds is 8. The molecule has 0 aliphatic heterocycles. The number of carbonyl (C=O) groups excluding carboxylic acids is 1. The molecule has 1 saturated carbocycles. The molecule has 6 heteroatoms. The molecule has 1 unspecified atom stereocenters. The van der Waals surface area contributed by atoms with Gasteiger partial charge in [-0.1, -0.05) is 19.3 Å². The Hall–Kier alpha value is -0.910. The maximum Gasteiger partial charge on any atom is 0.315 e. The zero-order chi connectivity index (χ0) is 15.7. The Morgan fingerprint density at radius 2 is 1.95 bits per heavy atom. The van der Waals surface area contributed by atoms with Crippen LogP contribution in [0.5, 0.6) is 0 Å². The number of carboxylic acids is 1. The summed E-state index contributed by atoms with van der Waals surface area (Å²) < 4.78 is 0. The van der Waals surface area contributed by atoms with E-state index in [0.717, 1.165) is 37.9 Å². The van der Waals surface area contributed by atoms with Gasteiger partial charge in [-0.3, -0.25) is 4.79 Å². The summed E-state index contributed by atoms with van der Waals surface area (Å²) in [6, 6.07) is -0.0434. The summed E-state index contributed by atoms with van der Waals surface area (Å²) in [5, 5.41) is 14.9. The predicted octanol–water partition coefficient (Wildman–Crippen LogP) is 2.85. The Morgan fingerprint density at radius 3 is 2.52 bits per heavy atom. The molecule has 1 rings (SSSR count). The Labute approximate surface area is 131 Å². The first-order valence-corrected chi connectivity index (χ1v) is 9.12. The van der Waals surface area contributed by atoms with Gasteiger partial charge in [0.25, 0.3) is 0 Å². The SMILES string of the molecule is CSCCC(C)NC(=O)NCC1(CC(=O)O)CCCCC1. The van der Waals surface area contributed by atoms with Gasteiger partial charge in [-0.25, -0.2) is 4.79 Å². The first-order valence-electron chi connectivity index (χ1n) is 7.72. The van der Waals surface area contributed by atoms with Gasteiger partial charge in [0.15, 0.2) is 0 Å². The molecule has 0 aromatic heterocycles. The molecule has 122 valence electrons. The van der Waals surface area contributed by atoms with Crippen molar-refractivity contribution in [3.05, 3.63) is 0 Å². The van der Waals surface area contributed by atoms with E-state index in [-0.39, 0.29) is 23.9 Å². The zero-order valence-corrected chi connectivity index (χ0v) is 13.9. The van der Waals surface area contributed by atoms with E-state index in [2.05, 4.69) is 10.6 Å². The van der Waals surface area contributed by atoms with Crippen molar-refractivity contribution in [2.75, 3.05) is 18.6 Å². The summed E-state index contributed by atoms with van der Waals surface area (Å²) in [4.78, 5) is 23.0. The Balaban J connectivity index is 2.41. The molecule has 3 N–H and O–H groups in total. The minimum absolute atomic E-state index is 0.138. The van der Waals surface area contributed by atoms with Crippen molar-refractivity contribution in [2.24, 2.45) is 5.41 Å². The molecule has 0 bridgehead atoms. The highest BCUT2D eigenvalue weighted by atomic mass is 32.2. The Bertz CT molecular complexity index is 344. The largest absolute Gasteiger partial charge is 0.481 e. The molecule has 0 radical (unpaired) electrons. The van der Waals surface area contributed by atoms with Gasteiger partial charge in [-0.05, 0) is 43.6 Å². The average Bonchev–Trinajstić information content (AvgIpc) is 2.43. The summed E-state index contributed by atoms with van der Waals surface area (Å²) in [5.41, 5.74) is -0.260. The monoisotopic (exact) mass is 316 g/mol. The van der Waals surface area contributed by atoms with Gasteiger partial charge in [0.2, 0.25) is 0 Å². The van der Waals surface area contributed by atoms with Crippen molar-refractivity contribution in [1.29, 1.82) is 0 Å². The molecule has 0 saturated heterocycles. The van der Waals surface area contributed by atoms with Gasteiger partial charge < -0.3 is 15.7 Å². The van der Waals surface area contributed by atoms with Crippen LogP contribution in [0, 0.1) is 5.41 Å². The van der Waals surface area contributed by atoms with Crippen LogP contribution in [0.3, 0.4) is 0 Å². The lowest BCUT2D eigenvalue weighted by Crippen LogP contribution is -2.46. The molecule has 5 nitrogen and oxygen atoms in total. The van der Waals surface area contributed by atoms with Crippen molar-refractivity contribution >= 4 is 23.8 Å². The molecule has 1 fully saturated rings. The Kier molecular flexibility index (Phi) is 7.93. The lowest BCUT2D eigenvalue weighted by Gasteiger charge is -2.36. The van der Waals surface area contributed by atoms with Crippen molar-refractivity contribution in [2.45, 2.75) is 57.9 Å². The predicted molar refractivity (Wildman–Crippen MR) is 86.8 cm³/mol. The number of thioether (sulfide) groups is 1. The minimum atomic E-state index is -0.771. The molecule has 0 aromatic carbocycles. The zero-order valence-electron chi connectivity index (χ0n) is 13.1. The van der Waals surface area contributed by atoms with E-state index in [1.807, 2.05) is 13.2 Å². The summed E-state index contributed by atoms with van der Waals surface area (Å²) >= 11 is 1.76. The van der Waals surface area contributed by atoms with Gasteiger partial charge in [0.1, 0.15) is 0 Å². The molecule has 1 atom stereocenters. The second kappa shape index (κ2) is 9.18. The molecule has 0 heterocycles. The van der Waals surface area contributed by atoms with Crippen molar-refractivity contribution in [3.8, 4) is 0 Å². The number of urea groups is 1. The molecule has 2 amide bonds. The highest BCUT2D eigenvalue weighted by Gasteiger charge is 2.34. The van der Waals surface area contributed by atoms with Crippen LogP contribution < -0.4 is 10.6 Å². The number of nitrogens with one attached hydrogen (secondary N) is 2. The van der Waals surface area contributed by atoms with Crippen LogP contribution >= 0.6 is 11.8 Å². The number of carbonyl (C=O) groups is 2. The van der Waals surface area contributed by atoms with Crippen LogP contribution in [-0.4, -0.2) is 41.7 Å². The lowest BCUT2D eigenvalue weighted by atomic mass is 9.72. The Morgan fingerprint density at radius 1 is 1.29 bits per heavy atom. The number of hydrogen-bond donors (Lipinski definition) is 3. The summed E-state index contributed by atoms with van der Waals surface area (Å²) in [5.74, 6) is 0.247. The van der Waals surface area contributed by atoms with E-state index in [1.54, 1.807) is 11.8 Å². The summed E-state index contributed by atoms with van der Waals surface area (Å²) in [6.07, 6.45) is 8.19. The van der Waals surface area contributed by atoms with Crippen LogP contribution in [0.15, 0.2) is 0 Å². The minimum Gasteiger partial charge on any atom is -0.481 e. The van der Waals surface area contributed by atoms with Crippen LogP contribution in [-0.2, 0) is 4.79 Å². The first-order chi connectivity index (χ1) is 9.97. The van der Waals surface area contributed by atoms with Crippen LogP contribution in [0.25, 0.3) is 0 Å². The molecular formula is C15H28N2O3S. The van der Waals surface area contributed by atoms with Crippen LogP contribution in [0.4, 0.5) is 4.79 Å². The molecular weight excluding hydrogens is 288 g/mol. The van der Waals surface area contributed by atoms with E-state index in [1.165, 1.54) is 6.42 Å². The van der Waals surface area contributed by atoms with Crippen molar-refractivity contribution in [3.63, 3.8) is 0 Å². The summed E-state index contributed by atoms with van der Waals surface area (Å²) in [6.45, 7) is 2.45. The lowest BCUT2D eigenvalue weighted by molar-refractivity contribution is -0.140. The van der Waals surface area contributed by atoms with E-state index in [0.29, 0.717) is 6.54 Å². The number of hydrogen-bond acceptors (Lipinski definition) is 3. The maximum absolute atomic E-state index is 11.9.